The molecular formula is C41H43N9O2. The molecule has 6 N–H and O–H groups in total. The number of benzene rings is 3. The molecule has 3 aliphatic heterocycles. The van der Waals surface area contributed by atoms with E-state index in [4.69, 9.17) is 21.4 Å². The third-order valence-corrected chi connectivity index (χ3v) is 10.6. The fourth-order valence-corrected chi connectivity index (χ4v) is 7.70. The van der Waals surface area contributed by atoms with Gasteiger partial charge in [0.05, 0.1) is 42.3 Å². The van der Waals surface area contributed by atoms with Gasteiger partial charge in [-0.05, 0) is 54.0 Å². The molecule has 11 nitrogen and oxygen atoms in total. The molecule has 2 aromatic heterocycles. The number of amides is 2. The maximum atomic E-state index is 13.4. The zero-order valence-electron chi connectivity index (χ0n) is 28.9. The maximum absolute atomic E-state index is 13.4. The van der Waals surface area contributed by atoms with Gasteiger partial charge in [0.25, 0.3) is 0 Å². The Morgan fingerprint density at radius 1 is 0.692 bits per heavy atom. The molecule has 5 aromatic rings. The largest absolute Gasteiger partial charge is 0.363 e. The molecule has 3 aliphatic rings. The number of pyridine rings is 1. The first kappa shape index (κ1) is 33.5. The number of H-pyrrole nitrogens is 1. The highest BCUT2D eigenvalue weighted by molar-refractivity contribution is 5.95. The standard InChI is InChI=1S/C41H43N9O2/c42-36(28-9-3-1-4-10-28)40(51)49-21-7-13-34(49)38-45-24-32(47-38)27-17-15-26(16-18-27)31-20-19-30(23-44-31)33-25-46-39(48-33)35-14-8-22-50(35)41(52)37(43)29-11-5-2-6-12-29/h1-6,9-12,15-20,23-24,33-37H,7-8,13-14,21-22,25,42-43H2,(H,45,47)(H,46,48)/t33?,34-,35-,36+,37+/m0/s1. The molecule has 2 saturated heterocycles. The number of carbonyl (C=O) groups is 2. The molecule has 0 saturated carbocycles. The number of nitrogens with two attached hydrogens (primary N) is 2. The first-order valence-electron chi connectivity index (χ1n) is 18.1. The topological polar surface area (TPSA) is 159 Å². The Morgan fingerprint density at radius 3 is 1.90 bits per heavy atom. The number of likely N-dealkylation sites (tertiary alicyclic amines) is 2. The van der Waals surface area contributed by atoms with Gasteiger partial charge in [0, 0.05) is 24.8 Å². The lowest BCUT2D eigenvalue weighted by Crippen LogP contribution is -2.47. The molecule has 5 heterocycles. The molecule has 0 bridgehead atoms. The van der Waals surface area contributed by atoms with Crippen LogP contribution in [0.25, 0.3) is 22.5 Å². The smallest absolute Gasteiger partial charge is 0.244 e. The van der Waals surface area contributed by atoms with Crippen LogP contribution in [0.15, 0.2) is 114 Å². The third kappa shape index (κ3) is 6.60. The van der Waals surface area contributed by atoms with E-state index < -0.39 is 12.1 Å². The Kier molecular flexibility index (Phi) is 9.36. The highest BCUT2D eigenvalue weighted by Gasteiger charge is 2.38. The van der Waals surface area contributed by atoms with Crippen LogP contribution >= 0.6 is 0 Å². The van der Waals surface area contributed by atoms with Crippen molar-refractivity contribution >= 4 is 17.6 Å². The van der Waals surface area contributed by atoms with Gasteiger partial charge in [-0.1, -0.05) is 91.0 Å². The van der Waals surface area contributed by atoms with Crippen molar-refractivity contribution in [3.8, 4) is 22.5 Å². The van der Waals surface area contributed by atoms with Crippen LogP contribution < -0.4 is 16.8 Å². The van der Waals surface area contributed by atoms with Crippen molar-refractivity contribution in [1.82, 2.24) is 30.1 Å². The first-order chi connectivity index (χ1) is 25.4. The van der Waals surface area contributed by atoms with Gasteiger partial charge in [-0.15, -0.1) is 0 Å². The number of rotatable bonds is 9. The number of aliphatic imine (C=N–C) groups is 1. The van der Waals surface area contributed by atoms with Gasteiger partial charge in [0.2, 0.25) is 11.8 Å². The van der Waals surface area contributed by atoms with E-state index >= 15 is 0 Å². The van der Waals surface area contributed by atoms with Gasteiger partial charge in [-0.25, -0.2) is 4.98 Å². The summed E-state index contributed by atoms with van der Waals surface area (Å²) in [6.45, 7) is 1.93. The van der Waals surface area contributed by atoms with Crippen molar-refractivity contribution in [3.63, 3.8) is 0 Å². The van der Waals surface area contributed by atoms with Crippen LogP contribution in [0.3, 0.4) is 0 Å². The van der Waals surface area contributed by atoms with Crippen molar-refractivity contribution in [2.24, 2.45) is 16.5 Å². The second kappa shape index (κ2) is 14.5. The van der Waals surface area contributed by atoms with Crippen LogP contribution in [-0.2, 0) is 9.59 Å². The molecule has 5 atom stereocenters. The molecular weight excluding hydrogens is 651 g/mol. The average molecular weight is 694 g/mol. The van der Waals surface area contributed by atoms with Crippen molar-refractivity contribution < 1.29 is 9.59 Å². The van der Waals surface area contributed by atoms with E-state index in [1.54, 1.807) is 0 Å². The molecule has 11 heteroatoms. The Morgan fingerprint density at radius 2 is 1.29 bits per heavy atom. The Hall–Kier alpha value is -5.65. The second-order valence-corrected chi connectivity index (χ2v) is 13.8. The predicted octanol–water partition coefficient (Wildman–Crippen LogP) is 5.24. The number of nitrogens with one attached hydrogen (secondary N) is 2. The van der Waals surface area contributed by atoms with Crippen LogP contribution in [0.5, 0.6) is 0 Å². The zero-order valence-corrected chi connectivity index (χ0v) is 28.9. The summed E-state index contributed by atoms with van der Waals surface area (Å²) in [6, 6.07) is 29.8. The zero-order chi connectivity index (χ0) is 35.6. The molecule has 1 unspecified atom stereocenters. The van der Waals surface area contributed by atoms with Gasteiger partial charge < -0.3 is 31.6 Å². The summed E-state index contributed by atoms with van der Waals surface area (Å²) < 4.78 is 0. The SMILES string of the molecule is N[C@@H](C(=O)N1CCC[C@H]1C1=NCC(c2ccc(-c3ccc(-c4cnc([C@@H]5CCCN5C(=O)[C@H](N)c5ccccc5)[nH]4)cc3)nc2)N1)c1ccccc1. The number of hydrogen-bond donors (Lipinski definition) is 4. The Bertz CT molecular complexity index is 2050. The fraction of sp³-hybridized carbons (Fsp3) is 0.293. The minimum Gasteiger partial charge on any atom is -0.363 e. The fourth-order valence-electron chi connectivity index (χ4n) is 7.70. The van der Waals surface area contributed by atoms with Gasteiger partial charge in [-0.2, -0.15) is 0 Å². The van der Waals surface area contributed by atoms with Crippen LogP contribution in [-0.4, -0.2) is 68.1 Å². The van der Waals surface area contributed by atoms with E-state index in [-0.39, 0.29) is 29.9 Å². The quantitative estimate of drug-likeness (QED) is 0.165. The van der Waals surface area contributed by atoms with Gasteiger partial charge >= 0.3 is 0 Å². The van der Waals surface area contributed by atoms with Gasteiger partial charge in [-0.3, -0.25) is 19.6 Å². The lowest BCUT2D eigenvalue weighted by atomic mass is 10.0. The first-order valence-corrected chi connectivity index (χ1v) is 18.1. The average Bonchev–Trinajstić information content (AvgIpc) is 4.04. The van der Waals surface area contributed by atoms with Crippen molar-refractivity contribution in [3.05, 3.63) is 132 Å². The Labute approximate surface area is 303 Å². The summed E-state index contributed by atoms with van der Waals surface area (Å²) in [7, 11) is 0. The number of hydrogen-bond acceptors (Lipinski definition) is 8. The lowest BCUT2D eigenvalue weighted by molar-refractivity contribution is -0.134. The summed E-state index contributed by atoms with van der Waals surface area (Å²) in [4.78, 5) is 48.3. The van der Waals surface area contributed by atoms with Crippen molar-refractivity contribution in [2.45, 2.75) is 55.9 Å². The molecule has 0 radical (unpaired) electrons. The van der Waals surface area contributed by atoms with Crippen LogP contribution in [0.1, 0.15) is 72.4 Å². The monoisotopic (exact) mass is 693 g/mol. The molecule has 0 aliphatic carbocycles. The van der Waals surface area contributed by atoms with Crippen molar-refractivity contribution in [1.29, 1.82) is 0 Å². The molecule has 2 amide bonds. The van der Waals surface area contributed by atoms with Crippen molar-refractivity contribution in [2.75, 3.05) is 19.6 Å². The summed E-state index contributed by atoms with van der Waals surface area (Å²) in [5, 5.41) is 3.58. The van der Waals surface area contributed by atoms with Crippen LogP contribution in [0.2, 0.25) is 0 Å². The molecule has 0 spiro atoms. The molecule has 2 fully saturated rings. The van der Waals surface area contributed by atoms with E-state index in [1.165, 1.54) is 0 Å². The summed E-state index contributed by atoms with van der Waals surface area (Å²) in [5.74, 6) is 1.48. The summed E-state index contributed by atoms with van der Waals surface area (Å²) in [6.07, 6.45) is 7.27. The van der Waals surface area contributed by atoms with E-state index in [0.717, 1.165) is 76.5 Å². The normalized spacial score (nSPS) is 21.1. The maximum Gasteiger partial charge on any atom is 0.244 e. The van der Waals surface area contributed by atoms with E-state index in [1.807, 2.05) is 88.9 Å². The minimum absolute atomic E-state index is 0.00555. The Balaban J connectivity index is 0.888. The molecule has 264 valence electrons. The van der Waals surface area contributed by atoms with Crippen LogP contribution in [0, 0.1) is 0 Å². The lowest BCUT2D eigenvalue weighted by Gasteiger charge is -2.28. The molecule has 52 heavy (non-hydrogen) atoms. The van der Waals surface area contributed by atoms with E-state index in [0.29, 0.717) is 19.6 Å². The number of imidazole rings is 1. The number of nitrogens with zero attached hydrogens (tertiary/aromatic N) is 5. The van der Waals surface area contributed by atoms with E-state index in [2.05, 4.69) is 45.6 Å². The molecule has 8 rings (SSSR count). The number of aromatic amines is 1. The minimum atomic E-state index is -0.697. The predicted molar refractivity (Wildman–Crippen MR) is 201 cm³/mol. The van der Waals surface area contributed by atoms with Crippen LogP contribution in [0.4, 0.5) is 0 Å². The van der Waals surface area contributed by atoms with E-state index in [9.17, 15) is 9.59 Å². The van der Waals surface area contributed by atoms with Gasteiger partial charge in [0.15, 0.2) is 0 Å². The second-order valence-electron chi connectivity index (χ2n) is 13.8. The summed E-state index contributed by atoms with van der Waals surface area (Å²) >= 11 is 0. The third-order valence-electron chi connectivity index (χ3n) is 10.6. The number of amidine groups is 1. The highest BCUT2D eigenvalue weighted by atomic mass is 16.2. The van der Waals surface area contributed by atoms with Gasteiger partial charge in [0.1, 0.15) is 23.7 Å². The number of aromatic nitrogens is 3. The number of carbonyl (C=O) groups excluding carboxylic acids is 2. The summed E-state index contributed by atoms with van der Waals surface area (Å²) in [5.41, 5.74) is 19.2. The highest BCUT2D eigenvalue weighted by Crippen LogP contribution is 2.34. The molecule has 3 aromatic carbocycles.